The zero-order chi connectivity index (χ0) is 39.8. The van der Waals surface area contributed by atoms with E-state index in [1.165, 1.54) is 6.20 Å². The summed E-state index contributed by atoms with van der Waals surface area (Å²) in [6.07, 6.45) is 12.3. The van der Waals surface area contributed by atoms with Gasteiger partial charge in [0.1, 0.15) is 11.7 Å². The molecule has 58 heavy (non-hydrogen) atoms. The number of imide groups is 1. The maximum Gasteiger partial charge on any atom is 0.323 e. The van der Waals surface area contributed by atoms with E-state index in [0.717, 1.165) is 93.8 Å². The fraction of sp³-hybridized carbons (Fsp3) is 0.425. The summed E-state index contributed by atoms with van der Waals surface area (Å²) in [5.74, 6) is 0.236. The van der Waals surface area contributed by atoms with E-state index in [2.05, 4.69) is 57.0 Å². The van der Waals surface area contributed by atoms with Crippen LogP contribution in [0.4, 0.5) is 21.9 Å². The van der Waals surface area contributed by atoms with Gasteiger partial charge in [-0.25, -0.2) is 19.3 Å². The van der Waals surface area contributed by atoms with Crippen LogP contribution in [0.3, 0.4) is 0 Å². The number of hydrogen-bond donors (Lipinski definition) is 3. The minimum absolute atomic E-state index is 0.158. The highest BCUT2D eigenvalue weighted by Gasteiger charge is 2.39. The van der Waals surface area contributed by atoms with E-state index in [4.69, 9.17) is 16.1 Å². The highest BCUT2D eigenvalue weighted by atomic mass is 35.5. The van der Waals surface area contributed by atoms with Gasteiger partial charge in [0, 0.05) is 68.8 Å². The molecule has 1 unspecified atom stereocenters. The van der Waals surface area contributed by atoms with Gasteiger partial charge in [-0.15, -0.1) is 0 Å². The normalized spacial score (nSPS) is 18.9. The first-order chi connectivity index (χ1) is 28.3. The van der Waals surface area contributed by atoms with Gasteiger partial charge in [-0.1, -0.05) is 29.6 Å². The molecule has 0 bridgehead atoms. The van der Waals surface area contributed by atoms with Crippen molar-refractivity contribution in [2.24, 2.45) is 0 Å². The third kappa shape index (κ3) is 7.70. The first-order valence-electron chi connectivity index (χ1n) is 19.9. The number of aryl methyl sites for hydroxylation is 1. The van der Waals surface area contributed by atoms with Gasteiger partial charge in [0.15, 0.2) is 5.65 Å². The Morgan fingerprint density at radius 1 is 0.966 bits per heavy atom. The van der Waals surface area contributed by atoms with Crippen LogP contribution in [0.2, 0.25) is 5.02 Å². The lowest BCUT2D eigenvalue weighted by Gasteiger charge is -2.36. The summed E-state index contributed by atoms with van der Waals surface area (Å²) in [4.78, 5) is 70.0. The predicted octanol–water partition coefficient (Wildman–Crippen LogP) is 5.04. The number of piperidine rings is 1. The minimum atomic E-state index is -0.616. The lowest BCUT2D eigenvalue weighted by molar-refractivity contribution is -0.136. The van der Waals surface area contributed by atoms with Crippen LogP contribution in [0.25, 0.3) is 17.2 Å². The Balaban J connectivity index is 0.725. The summed E-state index contributed by atoms with van der Waals surface area (Å²) in [7, 11) is 0. The average Bonchev–Trinajstić information content (AvgIpc) is 4.06. The number of unbranched alkanes of at least 4 members (excludes halogenated alkanes) is 1. The summed E-state index contributed by atoms with van der Waals surface area (Å²) in [6, 6.07) is 8.31. The molecule has 0 radical (unpaired) electrons. The number of halogens is 1. The summed E-state index contributed by atoms with van der Waals surface area (Å²) in [5, 5.41) is 17.0. The fourth-order valence-corrected chi connectivity index (χ4v) is 8.84. The Hall–Kier alpha value is -5.94. The summed E-state index contributed by atoms with van der Waals surface area (Å²) in [5.41, 5.74) is 5.70. The number of piperazine rings is 1. The highest BCUT2D eigenvalue weighted by Crippen LogP contribution is 2.38. The van der Waals surface area contributed by atoms with Crippen LogP contribution in [0.5, 0.6) is 0 Å². The summed E-state index contributed by atoms with van der Waals surface area (Å²) >= 11 is 6.59. The molecule has 2 saturated heterocycles. The number of hydrogen-bond acceptors (Lipinski definition) is 12. The van der Waals surface area contributed by atoms with E-state index in [-0.39, 0.29) is 29.1 Å². The predicted molar refractivity (Wildman–Crippen MR) is 213 cm³/mol. The van der Waals surface area contributed by atoms with Crippen molar-refractivity contribution in [1.29, 1.82) is 0 Å². The van der Waals surface area contributed by atoms with Crippen molar-refractivity contribution in [1.82, 2.24) is 44.8 Å². The SMILES string of the molecule is O=C1CCC(N2Cc3cc(N4CCN(CCCCc5nc(-c6ncc(NC(=O)Nc7cnc8ccnn8c7C7CCCC7)cc6Cl)no5)CC4)ccc3C2=O)C(=O)N1. The molecular weight excluding hydrogens is 764 g/mol. The molecule has 9 rings (SSSR count). The Morgan fingerprint density at radius 2 is 1.81 bits per heavy atom. The van der Waals surface area contributed by atoms with Gasteiger partial charge in [0.2, 0.25) is 23.5 Å². The molecule has 3 fully saturated rings. The van der Waals surface area contributed by atoms with Crippen molar-refractivity contribution >= 4 is 58.1 Å². The van der Waals surface area contributed by atoms with E-state index in [1.54, 1.807) is 23.4 Å². The smallest absolute Gasteiger partial charge is 0.323 e. The second-order valence-electron chi connectivity index (χ2n) is 15.3. The zero-order valence-electron chi connectivity index (χ0n) is 31.8. The van der Waals surface area contributed by atoms with Crippen molar-refractivity contribution in [2.45, 2.75) is 76.3 Å². The molecule has 1 saturated carbocycles. The van der Waals surface area contributed by atoms with Gasteiger partial charge in [-0.05, 0) is 68.5 Å². The van der Waals surface area contributed by atoms with Crippen LogP contribution in [-0.2, 0) is 22.6 Å². The molecule has 3 N–H and O–H groups in total. The van der Waals surface area contributed by atoms with E-state index in [9.17, 15) is 19.2 Å². The molecule has 18 heteroatoms. The maximum atomic E-state index is 13.1. The van der Waals surface area contributed by atoms with Gasteiger partial charge in [0.25, 0.3) is 5.91 Å². The molecule has 0 spiro atoms. The van der Waals surface area contributed by atoms with E-state index < -0.39 is 18.0 Å². The largest absolute Gasteiger partial charge is 0.369 e. The van der Waals surface area contributed by atoms with E-state index in [1.807, 2.05) is 22.7 Å². The second kappa shape index (κ2) is 16.1. The van der Waals surface area contributed by atoms with Gasteiger partial charge < -0.3 is 25.0 Å². The number of benzene rings is 1. The average molecular weight is 807 g/mol. The number of rotatable bonds is 11. The van der Waals surface area contributed by atoms with Crippen LogP contribution in [-0.4, -0.2) is 102 Å². The number of fused-ring (bicyclic) bond motifs is 2. The minimum Gasteiger partial charge on any atom is -0.369 e. The molecule has 300 valence electrons. The zero-order valence-corrected chi connectivity index (χ0v) is 32.6. The van der Waals surface area contributed by atoms with Crippen molar-refractivity contribution < 1.29 is 23.7 Å². The number of amides is 5. The van der Waals surface area contributed by atoms with Crippen LogP contribution < -0.4 is 20.9 Å². The van der Waals surface area contributed by atoms with Crippen LogP contribution in [0, 0.1) is 0 Å². The van der Waals surface area contributed by atoms with Crippen LogP contribution >= 0.6 is 11.6 Å². The Morgan fingerprint density at radius 3 is 2.62 bits per heavy atom. The number of nitrogens with one attached hydrogen (secondary N) is 3. The first kappa shape index (κ1) is 37.6. The third-order valence-electron chi connectivity index (χ3n) is 11.6. The third-order valence-corrected chi connectivity index (χ3v) is 11.9. The van der Waals surface area contributed by atoms with E-state index in [0.29, 0.717) is 53.8 Å². The lowest BCUT2D eigenvalue weighted by atomic mass is 10.0. The van der Waals surface area contributed by atoms with Crippen molar-refractivity contribution in [3.8, 4) is 11.5 Å². The maximum absolute atomic E-state index is 13.1. The van der Waals surface area contributed by atoms with Gasteiger partial charge in [-0.3, -0.25) is 24.6 Å². The number of anilines is 3. The molecule has 1 atom stereocenters. The Kier molecular flexibility index (Phi) is 10.5. The van der Waals surface area contributed by atoms with Gasteiger partial charge >= 0.3 is 6.03 Å². The molecule has 5 amide bonds. The number of aromatic nitrogens is 6. The Labute approximate surface area is 338 Å². The molecule has 17 nitrogen and oxygen atoms in total. The number of carbonyl (C=O) groups excluding carboxylic acids is 4. The summed E-state index contributed by atoms with van der Waals surface area (Å²) in [6.45, 7) is 4.88. The van der Waals surface area contributed by atoms with Crippen LogP contribution in [0.1, 0.15) is 84.8 Å². The van der Waals surface area contributed by atoms with E-state index >= 15 is 0 Å². The molecule has 3 aliphatic heterocycles. The number of urea groups is 1. The standard InChI is InChI=1S/C40H43ClN12O5/c41-29-20-26(45-40(57)46-30-22-42-32-12-13-44-53(32)36(30)24-5-1-2-6-24)21-43-35(29)37-48-34(58-49-37)7-3-4-14-50-15-17-51(18-16-50)27-8-9-28-25(19-27)23-52(39(28)56)31-10-11-33(54)47-38(31)55/h8-9,12-13,19-22,24,31H,1-7,10-11,14-18,23H2,(H2,45,46,57)(H,47,54,55). The van der Waals surface area contributed by atoms with Crippen molar-refractivity contribution in [3.05, 3.63) is 76.7 Å². The molecule has 5 aromatic rings. The molecule has 4 aliphatic rings. The molecule has 4 aromatic heterocycles. The monoisotopic (exact) mass is 806 g/mol. The van der Waals surface area contributed by atoms with Crippen molar-refractivity contribution in [3.63, 3.8) is 0 Å². The molecule has 1 aromatic carbocycles. The Bertz CT molecular complexity index is 2380. The molecule has 7 heterocycles. The second-order valence-corrected chi connectivity index (χ2v) is 15.7. The highest BCUT2D eigenvalue weighted by molar-refractivity contribution is 6.33. The summed E-state index contributed by atoms with van der Waals surface area (Å²) < 4.78 is 7.34. The number of carbonyl (C=O) groups is 4. The topological polar surface area (TPSA) is 196 Å². The number of nitrogens with zero attached hydrogens (tertiary/aromatic N) is 9. The number of pyridine rings is 1. The lowest BCUT2D eigenvalue weighted by Crippen LogP contribution is -2.52. The molecule has 1 aliphatic carbocycles. The molecular formula is C40H43ClN12O5. The quantitative estimate of drug-likeness (QED) is 0.119. The van der Waals surface area contributed by atoms with Gasteiger partial charge in [0.05, 0.1) is 40.7 Å². The van der Waals surface area contributed by atoms with Crippen molar-refractivity contribution in [2.75, 3.05) is 48.3 Å². The van der Waals surface area contributed by atoms with Crippen LogP contribution in [0.15, 0.2) is 53.4 Å². The fourth-order valence-electron chi connectivity index (χ4n) is 8.59. The van der Waals surface area contributed by atoms with Gasteiger partial charge in [-0.2, -0.15) is 10.1 Å². The first-order valence-corrected chi connectivity index (χ1v) is 20.3.